The summed E-state index contributed by atoms with van der Waals surface area (Å²) in [5, 5.41) is -3.66. The van der Waals surface area contributed by atoms with E-state index in [9.17, 15) is 57.7 Å². The van der Waals surface area contributed by atoms with Crippen molar-refractivity contribution in [3.8, 4) is 0 Å². The zero-order valence-electron chi connectivity index (χ0n) is 14.8. The van der Waals surface area contributed by atoms with Crippen LogP contribution in [0.15, 0.2) is 12.2 Å². The van der Waals surface area contributed by atoms with E-state index in [1.54, 1.807) is 0 Å². The first-order valence-corrected chi connectivity index (χ1v) is 8.95. The third kappa shape index (κ3) is 6.76. The maximum atomic E-state index is 13.5. The first-order valence-electron chi connectivity index (χ1n) is 7.54. The molecular formula is C13H14F8NO7S-. The molecule has 8 nitrogen and oxygen atoms in total. The van der Waals surface area contributed by atoms with Gasteiger partial charge in [-0.15, -0.1) is 0 Å². The van der Waals surface area contributed by atoms with Crippen LogP contribution in [0.1, 0.15) is 19.8 Å². The van der Waals surface area contributed by atoms with Gasteiger partial charge in [0.25, 0.3) is 0 Å². The second-order valence-corrected chi connectivity index (χ2v) is 6.93. The molecule has 0 heterocycles. The van der Waals surface area contributed by atoms with Crippen molar-refractivity contribution in [2.45, 2.75) is 43.2 Å². The van der Waals surface area contributed by atoms with Gasteiger partial charge in [-0.25, -0.2) is 13.2 Å². The Morgan fingerprint density at radius 2 is 1.57 bits per heavy atom. The van der Waals surface area contributed by atoms with Crippen molar-refractivity contribution >= 4 is 22.0 Å². The van der Waals surface area contributed by atoms with Crippen LogP contribution in [0.2, 0.25) is 0 Å². The van der Waals surface area contributed by atoms with Gasteiger partial charge in [0, 0.05) is 13.0 Å². The van der Waals surface area contributed by atoms with Crippen molar-refractivity contribution in [1.82, 2.24) is 5.32 Å². The SMILES string of the molecule is C=C(C(=O)OC(OCCC(F)(F)S(=O)(=O)[O-])(C(=O)NCCC)C(F)(F)F)C(F)(F)F. The van der Waals surface area contributed by atoms with Gasteiger partial charge in [-0.1, -0.05) is 13.5 Å². The van der Waals surface area contributed by atoms with Crippen molar-refractivity contribution in [2.75, 3.05) is 13.2 Å². The summed E-state index contributed by atoms with van der Waals surface area (Å²) < 4.78 is 143. The van der Waals surface area contributed by atoms with E-state index in [-0.39, 0.29) is 6.42 Å². The van der Waals surface area contributed by atoms with E-state index in [0.29, 0.717) is 0 Å². The first-order chi connectivity index (χ1) is 13.2. The van der Waals surface area contributed by atoms with Crippen LogP contribution >= 0.6 is 0 Å². The number of carbonyl (C=O) groups is 2. The fourth-order valence-electron chi connectivity index (χ4n) is 1.51. The third-order valence-corrected chi connectivity index (χ3v) is 4.03. The van der Waals surface area contributed by atoms with Crippen molar-refractivity contribution in [3.05, 3.63) is 12.2 Å². The highest BCUT2D eigenvalue weighted by molar-refractivity contribution is 7.86. The Hall–Kier alpha value is -2.01. The lowest BCUT2D eigenvalue weighted by Crippen LogP contribution is -2.62. The van der Waals surface area contributed by atoms with E-state index in [0.717, 1.165) is 0 Å². The molecule has 17 heteroatoms. The van der Waals surface area contributed by atoms with Crippen LogP contribution in [-0.4, -0.2) is 61.4 Å². The van der Waals surface area contributed by atoms with Gasteiger partial charge in [0.2, 0.25) is 0 Å². The molecule has 0 aliphatic heterocycles. The lowest BCUT2D eigenvalue weighted by atomic mass is 10.2. The van der Waals surface area contributed by atoms with Gasteiger partial charge in [0.15, 0.2) is 10.1 Å². The number of hydrogen-bond donors (Lipinski definition) is 1. The Labute approximate surface area is 163 Å². The van der Waals surface area contributed by atoms with Gasteiger partial charge >= 0.3 is 35.3 Å². The molecule has 176 valence electrons. The number of amides is 1. The number of ether oxygens (including phenoxy) is 2. The minimum atomic E-state index is -6.36. The van der Waals surface area contributed by atoms with Gasteiger partial charge < -0.3 is 19.3 Å². The number of nitrogens with one attached hydrogen (secondary N) is 1. The second kappa shape index (κ2) is 9.42. The topological polar surface area (TPSA) is 122 Å². The molecule has 0 aromatic rings. The van der Waals surface area contributed by atoms with Crippen LogP contribution in [0.3, 0.4) is 0 Å². The highest BCUT2D eigenvalue weighted by Gasteiger charge is 2.67. The highest BCUT2D eigenvalue weighted by Crippen LogP contribution is 2.38. The van der Waals surface area contributed by atoms with Crippen LogP contribution in [-0.2, 0) is 29.2 Å². The molecule has 0 aliphatic carbocycles. The van der Waals surface area contributed by atoms with Crippen LogP contribution in [0, 0.1) is 0 Å². The van der Waals surface area contributed by atoms with Crippen molar-refractivity contribution in [1.29, 1.82) is 0 Å². The summed E-state index contributed by atoms with van der Waals surface area (Å²) in [5.41, 5.74) is -2.49. The Morgan fingerprint density at radius 3 is 1.93 bits per heavy atom. The number of esters is 1. The molecule has 0 saturated heterocycles. The predicted molar refractivity (Wildman–Crippen MR) is 78.6 cm³/mol. The normalized spacial score (nSPS) is 15.3. The third-order valence-electron chi connectivity index (χ3n) is 3.10. The van der Waals surface area contributed by atoms with Crippen LogP contribution in [0.5, 0.6) is 0 Å². The molecule has 1 atom stereocenters. The van der Waals surface area contributed by atoms with Crippen molar-refractivity contribution in [2.24, 2.45) is 0 Å². The van der Waals surface area contributed by atoms with Crippen LogP contribution in [0.4, 0.5) is 35.1 Å². The molecule has 0 rings (SSSR count). The summed E-state index contributed by atoms with van der Waals surface area (Å²) in [5.74, 6) is -10.1. The Balaban J connectivity index is 6.06. The quantitative estimate of drug-likeness (QED) is 0.167. The van der Waals surface area contributed by atoms with E-state index in [4.69, 9.17) is 0 Å². The lowest BCUT2D eigenvalue weighted by molar-refractivity contribution is -0.348. The van der Waals surface area contributed by atoms with Gasteiger partial charge in [0.1, 0.15) is 5.57 Å². The summed E-state index contributed by atoms with van der Waals surface area (Å²) in [6.45, 7) is 0.930. The molecule has 0 aromatic carbocycles. The van der Waals surface area contributed by atoms with Crippen LogP contribution in [0.25, 0.3) is 0 Å². The highest BCUT2D eigenvalue weighted by atomic mass is 32.2. The van der Waals surface area contributed by atoms with Crippen molar-refractivity contribution in [3.63, 3.8) is 0 Å². The van der Waals surface area contributed by atoms with E-state index in [1.165, 1.54) is 12.2 Å². The Kier molecular flexibility index (Phi) is 8.79. The minimum absolute atomic E-state index is 0.0185. The van der Waals surface area contributed by atoms with Gasteiger partial charge in [-0.05, 0) is 6.42 Å². The predicted octanol–water partition coefficient (Wildman–Crippen LogP) is 1.98. The molecule has 0 fully saturated rings. The Morgan fingerprint density at radius 1 is 1.07 bits per heavy atom. The zero-order chi connectivity index (χ0) is 24.2. The molecule has 0 bridgehead atoms. The Bertz CT molecular complexity index is 762. The average molecular weight is 480 g/mol. The molecule has 0 spiro atoms. The van der Waals surface area contributed by atoms with Gasteiger partial charge in [-0.3, -0.25) is 4.79 Å². The number of carbonyl (C=O) groups excluding carboxylic acids is 2. The van der Waals surface area contributed by atoms with Gasteiger partial charge in [0.05, 0.1) is 6.61 Å². The monoisotopic (exact) mass is 480 g/mol. The molecule has 0 aromatic heterocycles. The first kappa shape index (κ1) is 28.0. The summed E-state index contributed by atoms with van der Waals surface area (Å²) >= 11 is 0. The molecule has 0 radical (unpaired) electrons. The zero-order valence-corrected chi connectivity index (χ0v) is 15.6. The van der Waals surface area contributed by atoms with E-state index in [2.05, 4.69) is 16.1 Å². The van der Waals surface area contributed by atoms with Crippen molar-refractivity contribution < 1.29 is 67.2 Å². The summed E-state index contributed by atoms with van der Waals surface area (Å²) in [4.78, 5) is 23.4. The molecular weight excluding hydrogens is 466 g/mol. The largest absolute Gasteiger partial charge is 0.743 e. The van der Waals surface area contributed by atoms with Gasteiger partial charge in [-0.2, -0.15) is 35.1 Å². The summed E-state index contributed by atoms with van der Waals surface area (Å²) in [6.07, 6.45) is -14.0. The number of rotatable bonds is 10. The number of alkyl halides is 8. The molecule has 30 heavy (non-hydrogen) atoms. The maximum Gasteiger partial charge on any atom is 0.466 e. The molecule has 1 unspecified atom stereocenters. The number of halogens is 8. The van der Waals surface area contributed by atoms with E-state index >= 15 is 0 Å². The summed E-state index contributed by atoms with van der Waals surface area (Å²) in [6, 6.07) is 0. The smallest absolute Gasteiger partial charge is 0.466 e. The fraction of sp³-hybridized carbons (Fsp3) is 0.692. The molecule has 1 amide bonds. The van der Waals surface area contributed by atoms with E-state index in [1.807, 2.05) is 0 Å². The minimum Gasteiger partial charge on any atom is -0.743 e. The second-order valence-electron chi connectivity index (χ2n) is 5.43. The molecule has 1 N–H and O–H groups in total. The molecule has 0 saturated carbocycles. The average Bonchev–Trinajstić information content (AvgIpc) is 2.54. The van der Waals surface area contributed by atoms with E-state index < -0.39 is 70.5 Å². The fourth-order valence-corrected chi connectivity index (χ4v) is 1.84. The van der Waals surface area contributed by atoms with Crippen LogP contribution < -0.4 is 5.32 Å². The lowest BCUT2D eigenvalue weighted by Gasteiger charge is -2.34. The molecule has 0 aliphatic rings. The maximum absolute atomic E-state index is 13.5. The standard InChI is InChI=1S/C13H15F8NO7S/c1-3-5-22-9(24)11(13(19,20)21,29-8(23)7(2)12(16,17)18)28-6-4-10(14,15)30(25,26)27/h2-6H2,1H3,(H,22,24)(H,25,26,27)/p-1. The number of hydrogen-bond acceptors (Lipinski definition) is 7. The summed E-state index contributed by atoms with van der Waals surface area (Å²) in [7, 11) is -6.36.